The van der Waals surface area contributed by atoms with Crippen molar-refractivity contribution >= 4 is 44.6 Å². The van der Waals surface area contributed by atoms with Crippen molar-refractivity contribution < 1.29 is 97.2 Å². The average molecular weight is 1010 g/mol. The van der Waals surface area contributed by atoms with Crippen molar-refractivity contribution in [2.24, 2.45) is 5.92 Å². The Balaban J connectivity index is 0.000000242. The minimum atomic E-state index is -7.22. The Morgan fingerprint density at radius 3 is 1.07 bits per heavy atom. The fraction of sp³-hybridized carbons (Fsp3) is 0.149. The maximum atomic E-state index is 15.4. The van der Waals surface area contributed by atoms with E-state index in [1.807, 2.05) is 18.2 Å². The summed E-state index contributed by atoms with van der Waals surface area (Å²) >= 11 is 0. The molecule has 8 rings (SSSR count). The highest BCUT2D eigenvalue weighted by Crippen LogP contribution is 2.32. The summed E-state index contributed by atoms with van der Waals surface area (Å²) in [6, 6.07) is 20.8. The van der Waals surface area contributed by atoms with Gasteiger partial charge in [0.05, 0.1) is 5.39 Å². The molecule has 0 radical (unpaired) electrons. The van der Waals surface area contributed by atoms with Gasteiger partial charge < -0.3 is 0 Å². The number of nitrogens with zero attached hydrogens (tertiary/aromatic N) is 1. The Morgan fingerprint density at radius 1 is 0.400 bits per heavy atom. The summed E-state index contributed by atoms with van der Waals surface area (Å²) in [5, 5.41) is 2.22. The molecule has 0 unspecified atom stereocenters. The lowest BCUT2D eigenvalue weighted by atomic mass is 9.12. The van der Waals surface area contributed by atoms with Gasteiger partial charge in [-0.25, -0.2) is 87.8 Å². The van der Waals surface area contributed by atoms with Crippen LogP contribution in [0.15, 0.2) is 66.9 Å². The van der Waals surface area contributed by atoms with Crippen molar-refractivity contribution in [1.82, 2.24) is 0 Å². The van der Waals surface area contributed by atoms with Gasteiger partial charge in [0.2, 0.25) is 5.78 Å². The summed E-state index contributed by atoms with van der Waals surface area (Å²) < 4.78 is 296. The Kier molecular flexibility index (Phi) is 14.2. The number of ketones is 1. The highest BCUT2D eigenvalue weighted by atomic mass is 19.2. The van der Waals surface area contributed by atoms with Crippen LogP contribution in [0.25, 0.3) is 10.8 Å². The monoisotopic (exact) mass is 1010 g/mol. The first-order valence-electron chi connectivity index (χ1n) is 20.3. The van der Waals surface area contributed by atoms with E-state index in [0.717, 1.165) is 35.9 Å². The third kappa shape index (κ3) is 8.09. The van der Waals surface area contributed by atoms with Crippen molar-refractivity contribution in [3.05, 3.63) is 194 Å². The molecule has 0 spiro atoms. The first-order valence-corrected chi connectivity index (χ1v) is 20.3. The SMILES string of the molecule is Fc1c(F)c(F)c([B-](c2c(F)c(F)c(F)c(F)c2F)(c2c(F)c(F)c(F)c(F)c2F)c2c(F)c(F)c(F)c(F)c2F)c(F)c1F.O=C(c1c2ccccc2cc[n+]1Cc1ccccc1)C1CCCCC1. The number of halogens is 20. The van der Waals surface area contributed by atoms with E-state index in [2.05, 4.69) is 53.2 Å². The zero-order valence-corrected chi connectivity index (χ0v) is 34.7. The summed E-state index contributed by atoms with van der Waals surface area (Å²) in [7, 11) is 0. The van der Waals surface area contributed by atoms with Gasteiger partial charge in [0.1, 0.15) is 52.7 Å². The van der Waals surface area contributed by atoms with E-state index in [1.54, 1.807) is 0 Å². The lowest BCUT2D eigenvalue weighted by molar-refractivity contribution is -0.688. The summed E-state index contributed by atoms with van der Waals surface area (Å²) in [4.78, 5) is 13.4. The molecule has 2 nitrogen and oxygen atoms in total. The molecule has 0 amide bonds. The third-order valence-electron chi connectivity index (χ3n) is 12.0. The molecule has 6 aromatic carbocycles. The molecule has 0 bridgehead atoms. The van der Waals surface area contributed by atoms with Crippen molar-refractivity contribution in [1.29, 1.82) is 0 Å². The maximum absolute atomic E-state index is 15.4. The molecule has 1 aromatic heterocycles. The molecular weight excluding hydrogens is 985 g/mol. The molecule has 1 fully saturated rings. The molecule has 0 N–H and O–H groups in total. The standard InChI is InChI=1S/C24BF20.C23H24NO/c26-5-1(6(27)14(35)21(42)13(5)34)25(2-7(28)15(36)22(43)16(37)8(2)29,3-9(30)17(38)23(44)18(39)10(3)31)4-11(32)19(40)24(45)20(41)12(4)33;25-23(20-12-5-2-6-13-20)22-21-14-8-7-11-19(21)15-16-24(22)17-18-9-3-1-4-10-18/h;1,3-4,7-11,14-16,20H,2,5-6,12-13,17H2/q-1;+1. The van der Waals surface area contributed by atoms with Crippen LogP contribution in [0, 0.1) is 122 Å². The fourth-order valence-corrected chi connectivity index (χ4v) is 8.88. The van der Waals surface area contributed by atoms with E-state index in [-0.39, 0.29) is 5.92 Å². The number of benzene rings is 6. The van der Waals surface area contributed by atoms with E-state index in [4.69, 9.17) is 0 Å². The molecular formula is C47H24BF20NO. The predicted octanol–water partition coefficient (Wildman–Crippen LogP) is 10.8. The Morgan fingerprint density at radius 2 is 0.714 bits per heavy atom. The number of fused-ring (bicyclic) bond motifs is 1. The van der Waals surface area contributed by atoms with Crippen LogP contribution in [0.4, 0.5) is 87.8 Å². The molecule has 23 heteroatoms. The Labute approximate surface area is 380 Å². The molecule has 1 aliphatic rings. The zero-order valence-electron chi connectivity index (χ0n) is 34.7. The summed E-state index contributed by atoms with van der Waals surface area (Å²) in [6.07, 6.45) is 0.556. The smallest absolute Gasteiger partial charge is 0.257 e. The van der Waals surface area contributed by atoms with Crippen LogP contribution in [0.1, 0.15) is 48.2 Å². The minimum absolute atomic E-state index is 0.182. The van der Waals surface area contributed by atoms with Gasteiger partial charge in [-0.15, -0.1) is 21.9 Å². The van der Waals surface area contributed by atoms with E-state index < -0.39 is 144 Å². The summed E-state index contributed by atoms with van der Waals surface area (Å²) in [5.41, 5.74) is -12.2. The van der Waals surface area contributed by atoms with E-state index in [9.17, 15) is 57.5 Å². The van der Waals surface area contributed by atoms with Gasteiger partial charge in [-0.1, -0.05) is 67.8 Å². The van der Waals surface area contributed by atoms with E-state index in [1.165, 1.54) is 24.8 Å². The van der Waals surface area contributed by atoms with Crippen LogP contribution >= 0.6 is 0 Å². The van der Waals surface area contributed by atoms with Crippen LogP contribution in [-0.4, -0.2) is 11.9 Å². The zero-order chi connectivity index (χ0) is 51.4. The highest BCUT2D eigenvalue weighted by Gasteiger charge is 2.52. The minimum Gasteiger partial charge on any atom is -0.287 e. The molecule has 0 saturated heterocycles. The van der Waals surface area contributed by atoms with Crippen molar-refractivity contribution in [3.8, 4) is 0 Å². The molecule has 366 valence electrons. The lowest BCUT2D eigenvalue weighted by Gasteiger charge is -2.44. The van der Waals surface area contributed by atoms with Crippen LogP contribution in [-0.2, 0) is 6.54 Å². The second kappa shape index (κ2) is 19.5. The topological polar surface area (TPSA) is 20.9 Å². The number of hydrogen-bond acceptors (Lipinski definition) is 1. The molecule has 1 saturated carbocycles. The van der Waals surface area contributed by atoms with Crippen LogP contribution < -0.4 is 26.4 Å². The van der Waals surface area contributed by atoms with Crippen molar-refractivity contribution in [2.45, 2.75) is 38.6 Å². The van der Waals surface area contributed by atoms with Gasteiger partial charge in [0.25, 0.3) is 5.69 Å². The van der Waals surface area contributed by atoms with Gasteiger partial charge in [0, 0.05) is 17.5 Å². The Hall–Kier alpha value is -6.94. The van der Waals surface area contributed by atoms with Gasteiger partial charge in [-0.3, -0.25) is 4.79 Å². The number of carbonyl (C=O) groups is 1. The first kappa shape index (κ1) is 50.9. The number of aromatic nitrogens is 1. The third-order valence-corrected chi connectivity index (χ3v) is 12.0. The number of hydrogen-bond donors (Lipinski definition) is 0. The highest BCUT2D eigenvalue weighted by molar-refractivity contribution is 7.20. The quantitative estimate of drug-likeness (QED) is 0.0371. The maximum Gasteiger partial charge on any atom is 0.257 e. The van der Waals surface area contributed by atoms with Crippen LogP contribution in [0.2, 0.25) is 0 Å². The van der Waals surface area contributed by atoms with Crippen molar-refractivity contribution in [3.63, 3.8) is 0 Å². The molecule has 0 atom stereocenters. The van der Waals surface area contributed by atoms with Gasteiger partial charge in [-0.2, -0.15) is 4.57 Å². The first-order chi connectivity index (χ1) is 33.0. The van der Waals surface area contributed by atoms with E-state index >= 15 is 35.1 Å². The van der Waals surface area contributed by atoms with Gasteiger partial charge in [0.15, 0.2) is 82.5 Å². The number of carbonyl (C=O) groups excluding carboxylic acids is 1. The van der Waals surface area contributed by atoms with E-state index in [0.29, 0.717) is 5.78 Å². The molecule has 1 aliphatic carbocycles. The normalized spacial score (nSPS) is 13.2. The second-order valence-corrected chi connectivity index (χ2v) is 15.9. The Bertz CT molecular complexity index is 2870. The molecule has 7 aromatic rings. The van der Waals surface area contributed by atoms with Crippen molar-refractivity contribution in [2.75, 3.05) is 0 Å². The number of Topliss-reactive ketones (excluding diaryl/α,β-unsaturated/α-hetero) is 1. The summed E-state index contributed by atoms with van der Waals surface area (Å²) in [6.45, 7) is 0.736. The molecule has 1 heterocycles. The predicted molar refractivity (Wildman–Crippen MR) is 210 cm³/mol. The molecule has 70 heavy (non-hydrogen) atoms. The van der Waals surface area contributed by atoms with Crippen LogP contribution in [0.5, 0.6) is 0 Å². The summed E-state index contributed by atoms with van der Waals surface area (Å²) in [5.74, 6) is -70.9. The molecule has 0 aliphatic heterocycles. The largest absolute Gasteiger partial charge is 0.287 e. The number of pyridine rings is 1. The second-order valence-electron chi connectivity index (χ2n) is 15.9. The lowest BCUT2D eigenvalue weighted by Crippen LogP contribution is -2.81. The van der Waals surface area contributed by atoms with Gasteiger partial charge >= 0.3 is 0 Å². The average Bonchev–Trinajstić information content (AvgIpc) is 3.36. The fourth-order valence-electron chi connectivity index (χ4n) is 8.88. The number of rotatable bonds is 8. The van der Waals surface area contributed by atoms with Gasteiger partial charge in [-0.05, 0) is 24.3 Å². The van der Waals surface area contributed by atoms with Crippen LogP contribution in [0.3, 0.4) is 0 Å².